The number of carbonyl (C=O) groups is 1. The Morgan fingerprint density at radius 2 is 2.55 bits per heavy atom. The number of hydrogen-bond acceptors (Lipinski definition) is 3. The van der Waals surface area contributed by atoms with Crippen molar-refractivity contribution in [1.82, 2.24) is 0 Å². The molecule has 0 aromatic carbocycles. The molecule has 0 radical (unpaired) electrons. The van der Waals surface area contributed by atoms with Gasteiger partial charge in [-0.2, -0.15) is 0 Å². The number of thiophene rings is 1. The summed E-state index contributed by atoms with van der Waals surface area (Å²) in [5.74, 6) is 0.805. The van der Waals surface area contributed by atoms with E-state index in [9.17, 15) is 4.79 Å². The maximum atomic E-state index is 10.2. The van der Waals surface area contributed by atoms with Gasteiger partial charge in [-0.1, -0.05) is 6.92 Å². The van der Waals surface area contributed by atoms with E-state index in [2.05, 4.69) is 0 Å². The van der Waals surface area contributed by atoms with Crippen LogP contribution in [-0.4, -0.2) is 12.9 Å². The minimum absolute atomic E-state index is 0.717. The predicted octanol–water partition coefficient (Wildman–Crippen LogP) is 2.35. The van der Waals surface area contributed by atoms with Crippen LogP contribution in [-0.2, 0) is 0 Å². The Hall–Kier alpha value is -0.830. The lowest BCUT2D eigenvalue weighted by Gasteiger charge is -1.98. The summed E-state index contributed by atoms with van der Waals surface area (Å²) in [6.45, 7) is 2.77. The van der Waals surface area contributed by atoms with E-state index in [0.717, 1.165) is 29.9 Å². The van der Waals surface area contributed by atoms with Crippen molar-refractivity contribution in [2.24, 2.45) is 0 Å². The minimum Gasteiger partial charge on any atom is -0.493 e. The maximum absolute atomic E-state index is 10.2. The monoisotopic (exact) mass is 170 g/mol. The normalized spacial score (nSPS) is 9.55. The van der Waals surface area contributed by atoms with E-state index in [-0.39, 0.29) is 0 Å². The van der Waals surface area contributed by atoms with Gasteiger partial charge in [-0.3, -0.25) is 4.79 Å². The highest BCUT2D eigenvalue weighted by atomic mass is 32.1. The molecule has 60 valence electrons. The molecule has 11 heavy (non-hydrogen) atoms. The molecule has 0 saturated carbocycles. The Morgan fingerprint density at radius 1 is 1.73 bits per heavy atom. The average Bonchev–Trinajstić information content (AvgIpc) is 2.48. The molecule has 3 heteroatoms. The zero-order valence-electron chi connectivity index (χ0n) is 6.37. The summed E-state index contributed by atoms with van der Waals surface area (Å²) in [5, 5.41) is 1.85. The molecule has 1 aromatic heterocycles. The minimum atomic E-state index is 0.717. The summed E-state index contributed by atoms with van der Waals surface area (Å²) in [7, 11) is 0. The Bertz CT molecular complexity index is 230. The third kappa shape index (κ3) is 2.35. The first-order chi connectivity index (χ1) is 5.36. The highest BCUT2D eigenvalue weighted by Gasteiger charge is 1.97. The van der Waals surface area contributed by atoms with Gasteiger partial charge in [0.1, 0.15) is 5.75 Å². The van der Waals surface area contributed by atoms with Gasteiger partial charge < -0.3 is 4.74 Å². The van der Waals surface area contributed by atoms with E-state index in [4.69, 9.17) is 4.74 Å². The molecule has 0 aliphatic rings. The van der Waals surface area contributed by atoms with Crippen LogP contribution < -0.4 is 4.74 Å². The second kappa shape index (κ2) is 4.13. The quantitative estimate of drug-likeness (QED) is 0.648. The van der Waals surface area contributed by atoms with Gasteiger partial charge in [0.2, 0.25) is 0 Å². The van der Waals surface area contributed by atoms with E-state index in [1.165, 1.54) is 11.3 Å². The standard InChI is InChI=1S/C8H10O2S/c1-2-3-10-7-4-8(5-9)11-6-7/h4-6H,2-3H2,1H3. The largest absolute Gasteiger partial charge is 0.493 e. The van der Waals surface area contributed by atoms with Crippen molar-refractivity contribution in [3.05, 3.63) is 16.3 Å². The number of aldehydes is 1. The van der Waals surface area contributed by atoms with Gasteiger partial charge in [0.25, 0.3) is 0 Å². The molecular formula is C8H10O2S. The summed E-state index contributed by atoms with van der Waals surface area (Å²) in [5.41, 5.74) is 0. The van der Waals surface area contributed by atoms with Gasteiger partial charge in [-0.25, -0.2) is 0 Å². The smallest absolute Gasteiger partial charge is 0.160 e. The fraction of sp³-hybridized carbons (Fsp3) is 0.375. The summed E-state index contributed by atoms with van der Waals surface area (Å²) < 4.78 is 5.29. The van der Waals surface area contributed by atoms with Crippen molar-refractivity contribution in [1.29, 1.82) is 0 Å². The van der Waals surface area contributed by atoms with Gasteiger partial charge >= 0.3 is 0 Å². The number of carbonyl (C=O) groups excluding carboxylic acids is 1. The summed E-state index contributed by atoms with van der Waals surface area (Å²) in [6, 6.07) is 1.76. The fourth-order valence-corrected chi connectivity index (χ4v) is 1.32. The Balaban J connectivity index is 2.51. The lowest BCUT2D eigenvalue weighted by atomic mass is 10.5. The molecule has 0 fully saturated rings. The van der Waals surface area contributed by atoms with Crippen LogP contribution >= 0.6 is 11.3 Å². The third-order valence-electron chi connectivity index (χ3n) is 1.18. The van der Waals surface area contributed by atoms with Crippen LogP contribution in [0.5, 0.6) is 5.75 Å². The molecule has 0 aliphatic carbocycles. The molecule has 0 aliphatic heterocycles. The van der Waals surface area contributed by atoms with Gasteiger partial charge in [0.15, 0.2) is 6.29 Å². The molecular weight excluding hydrogens is 160 g/mol. The lowest BCUT2D eigenvalue weighted by Crippen LogP contribution is -1.92. The SMILES string of the molecule is CCCOc1csc(C=O)c1. The Kier molecular flexibility index (Phi) is 3.11. The molecule has 0 bridgehead atoms. The molecule has 1 heterocycles. The zero-order chi connectivity index (χ0) is 8.10. The molecule has 0 atom stereocenters. The van der Waals surface area contributed by atoms with E-state index in [0.29, 0.717) is 0 Å². The van der Waals surface area contributed by atoms with Crippen LogP contribution in [0.25, 0.3) is 0 Å². The van der Waals surface area contributed by atoms with Crippen LogP contribution in [0.3, 0.4) is 0 Å². The van der Waals surface area contributed by atoms with Gasteiger partial charge in [0.05, 0.1) is 11.5 Å². The summed E-state index contributed by atoms with van der Waals surface area (Å²) >= 11 is 1.41. The van der Waals surface area contributed by atoms with Crippen LogP contribution in [0.4, 0.5) is 0 Å². The second-order valence-electron chi connectivity index (χ2n) is 2.15. The fourth-order valence-electron chi connectivity index (χ4n) is 0.692. The maximum Gasteiger partial charge on any atom is 0.160 e. The van der Waals surface area contributed by atoms with E-state index in [1.54, 1.807) is 6.07 Å². The molecule has 1 aromatic rings. The molecule has 0 N–H and O–H groups in total. The topological polar surface area (TPSA) is 26.3 Å². The first kappa shape index (κ1) is 8.27. The van der Waals surface area contributed by atoms with Gasteiger partial charge in [-0.15, -0.1) is 11.3 Å². The second-order valence-corrected chi connectivity index (χ2v) is 3.09. The predicted molar refractivity (Wildman–Crippen MR) is 45.5 cm³/mol. The van der Waals surface area contributed by atoms with Crippen LogP contribution in [0, 0.1) is 0 Å². The number of rotatable bonds is 4. The molecule has 0 saturated heterocycles. The first-order valence-corrected chi connectivity index (χ1v) is 4.41. The average molecular weight is 170 g/mol. The Morgan fingerprint density at radius 3 is 3.09 bits per heavy atom. The van der Waals surface area contributed by atoms with Crippen molar-refractivity contribution in [3.8, 4) is 5.75 Å². The van der Waals surface area contributed by atoms with Crippen molar-refractivity contribution in [3.63, 3.8) is 0 Å². The number of hydrogen-bond donors (Lipinski definition) is 0. The van der Waals surface area contributed by atoms with Crippen molar-refractivity contribution >= 4 is 17.6 Å². The zero-order valence-corrected chi connectivity index (χ0v) is 7.19. The van der Waals surface area contributed by atoms with Crippen molar-refractivity contribution in [2.45, 2.75) is 13.3 Å². The van der Waals surface area contributed by atoms with E-state index < -0.39 is 0 Å². The highest BCUT2D eigenvalue weighted by Crippen LogP contribution is 2.19. The van der Waals surface area contributed by atoms with Gasteiger partial charge in [0, 0.05) is 11.4 Å². The molecule has 1 rings (SSSR count). The molecule has 2 nitrogen and oxygen atoms in total. The molecule has 0 unspecified atom stereocenters. The van der Waals surface area contributed by atoms with Crippen LogP contribution in [0.2, 0.25) is 0 Å². The highest BCUT2D eigenvalue weighted by molar-refractivity contribution is 7.11. The van der Waals surface area contributed by atoms with Crippen molar-refractivity contribution < 1.29 is 9.53 Å². The first-order valence-electron chi connectivity index (χ1n) is 3.53. The van der Waals surface area contributed by atoms with Crippen LogP contribution in [0.1, 0.15) is 23.0 Å². The van der Waals surface area contributed by atoms with Crippen molar-refractivity contribution in [2.75, 3.05) is 6.61 Å². The Labute approximate surface area is 69.8 Å². The number of ether oxygens (including phenoxy) is 1. The summed E-state index contributed by atoms with van der Waals surface area (Å²) in [4.78, 5) is 11.0. The van der Waals surface area contributed by atoms with Crippen LogP contribution in [0.15, 0.2) is 11.4 Å². The summed E-state index contributed by atoms with van der Waals surface area (Å²) in [6.07, 6.45) is 1.83. The molecule has 0 spiro atoms. The molecule has 0 amide bonds. The van der Waals surface area contributed by atoms with E-state index in [1.807, 2.05) is 12.3 Å². The van der Waals surface area contributed by atoms with E-state index >= 15 is 0 Å². The van der Waals surface area contributed by atoms with Gasteiger partial charge in [-0.05, 0) is 6.42 Å². The third-order valence-corrected chi connectivity index (χ3v) is 2.02. The lowest BCUT2D eigenvalue weighted by molar-refractivity contribution is 0.112.